The van der Waals surface area contributed by atoms with Gasteiger partial charge in [0.05, 0.1) is 12.5 Å². The highest BCUT2D eigenvalue weighted by Gasteiger charge is 2.29. The van der Waals surface area contributed by atoms with Gasteiger partial charge < -0.3 is 15.0 Å². The van der Waals surface area contributed by atoms with Gasteiger partial charge in [0.2, 0.25) is 5.91 Å². The molecule has 1 saturated heterocycles. The largest absolute Gasteiger partial charge is 0.450 e. The van der Waals surface area contributed by atoms with Crippen molar-refractivity contribution in [2.45, 2.75) is 26.2 Å². The number of hydrogen-bond acceptors (Lipinski definition) is 3. The summed E-state index contributed by atoms with van der Waals surface area (Å²) >= 11 is 0. The Balaban J connectivity index is 1.43. The van der Waals surface area contributed by atoms with Crippen LogP contribution in [-0.4, -0.2) is 36.6 Å². The molecule has 1 aliphatic heterocycles. The quantitative estimate of drug-likeness (QED) is 0.762. The molecular weight excluding hydrogens is 340 g/mol. The minimum absolute atomic E-state index is 0.0283. The van der Waals surface area contributed by atoms with Crippen LogP contribution in [0.2, 0.25) is 0 Å². The number of carbonyl (C=O) groups is 2. The molecule has 1 fully saturated rings. The van der Waals surface area contributed by atoms with Gasteiger partial charge in [-0.1, -0.05) is 30.3 Å². The van der Waals surface area contributed by atoms with Crippen molar-refractivity contribution in [2.75, 3.05) is 25.0 Å². The second kappa shape index (κ2) is 7.43. The van der Waals surface area contributed by atoms with E-state index in [-0.39, 0.29) is 17.9 Å². The molecule has 2 aromatic rings. The van der Waals surface area contributed by atoms with Crippen molar-refractivity contribution in [1.29, 1.82) is 0 Å². The maximum Gasteiger partial charge on any atom is 0.409 e. The third-order valence-corrected chi connectivity index (χ3v) is 5.38. The van der Waals surface area contributed by atoms with Gasteiger partial charge in [0.15, 0.2) is 0 Å². The summed E-state index contributed by atoms with van der Waals surface area (Å²) in [5.74, 6) is -0.229. The van der Waals surface area contributed by atoms with Gasteiger partial charge in [0.25, 0.3) is 0 Å². The van der Waals surface area contributed by atoms with Crippen LogP contribution in [0.25, 0.3) is 11.1 Å². The standard InChI is InChI=1S/C22H24N2O3/c1-2-27-22(26)24-11-5-7-16(14-24)21(25)23-18-9-10-20-17(13-18)12-15-6-3-4-8-19(15)20/h3-4,6,8-10,13,16H,2,5,7,11-12,14H2,1H3,(H,23,25). The minimum Gasteiger partial charge on any atom is -0.450 e. The predicted molar refractivity (Wildman–Crippen MR) is 105 cm³/mol. The Morgan fingerprint density at radius 3 is 2.81 bits per heavy atom. The van der Waals surface area contributed by atoms with E-state index >= 15 is 0 Å². The van der Waals surface area contributed by atoms with E-state index in [9.17, 15) is 9.59 Å². The van der Waals surface area contributed by atoms with Crippen LogP contribution >= 0.6 is 0 Å². The fourth-order valence-corrected chi connectivity index (χ4v) is 4.04. The average molecular weight is 364 g/mol. The third kappa shape index (κ3) is 3.54. The molecule has 1 heterocycles. The highest BCUT2D eigenvalue weighted by molar-refractivity contribution is 5.94. The number of piperidine rings is 1. The molecule has 140 valence electrons. The van der Waals surface area contributed by atoms with Gasteiger partial charge >= 0.3 is 6.09 Å². The molecule has 0 spiro atoms. The molecule has 2 aromatic carbocycles. The zero-order chi connectivity index (χ0) is 18.8. The second-order valence-corrected chi connectivity index (χ2v) is 7.18. The lowest BCUT2D eigenvalue weighted by Gasteiger charge is -2.31. The Labute approximate surface area is 159 Å². The topological polar surface area (TPSA) is 58.6 Å². The first-order chi connectivity index (χ1) is 13.2. The Hall–Kier alpha value is -2.82. The van der Waals surface area contributed by atoms with Crippen LogP contribution in [0.15, 0.2) is 42.5 Å². The number of fused-ring (bicyclic) bond motifs is 3. The van der Waals surface area contributed by atoms with Gasteiger partial charge in [0, 0.05) is 18.8 Å². The van der Waals surface area contributed by atoms with E-state index in [4.69, 9.17) is 4.74 Å². The summed E-state index contributed by atoms with van der Waals surface area (Å²) in [5, 5.41) is 3.04. The van der Waals surface area contributed by atoms with Gasteiger partial charge in [-0.25, -0.2) is 4.79 Å². The highest BCUT2D eigenvalue weighted by atomic mass is 16.6. The monoisotopic (exact) mass is 364 g/mol. The smallest absolute Gasteiger partial charge is 0.409 e. The third-order valence-electron chi connectivity index (χ3n) is 5.38. The van der Waals surface area contributed by atoms with E-state index in [2.05, 4.69) is 41.7 Å². The zero-order valence-electron chi connectivity index (χ0n) is 15.5. The summed E-state index contributed by atoms with van der Waals surface area (Å²) < 4.78 is 5.06. The van der Waals surface area contributed by atoms with E-state index in [0.29, 0.717) is 19.7 Å². The first kappa shape index (κ1) is 17.6. The summed E-state index contributed by atoms with van der Waals surface area (Å²) in [6.45, 7) is 3.21. The molecule has 5 heteroatoms. The van der Waals surface area contributed by atoms with Crippen LogP contribution < -0.4 is 5.32 Å². The van der Waals surface area contributed by atoms with Crippen molar-refractivity contribution in [3.63, 3.8) is 0 Å². The van der Waals surface area contributed by atoms with Crippen molar-refractivity contribution in [3.8, 4) is 11.1 Å². The van der Waals surface area contributed by atoms with E-state index < -0.39 is 0 Å². The van der Waals surface area contributed by atoms with Crippen LogP contribution in [0.4, 0.5) is 10.5 Å². The lowest BCUT2D eigenvalue weighted by Crippen LogP contribution is -2.44. The normalized spacial score (nSPS) is 17.8. The zero-order valence-corrected chi connectivity index (χ0v) is 15.5. The number of nitrogens with one attached hydrogen (secondary N) is 1. The van der Waals surface area contributed by atoms with Crippen LogP contribution in [0.3, 0.4) is 0 Å². The summed E-state index contributed by atoms with van der Waals surface area (Å²) in [5.41, 5.74) is 5.91. The molecule has 1 atom stereocenters. The van der Waals surface area contributed by atoms with Crippen molar-refractivity contribution in [3.05, 3.63) is 53.6 Å². The molecule has 2 amide bonds. The Kier molecular flexibility index (Phi) is 4.84. The summed E-state index contributed by atoms with van der Waals surface area (Å²) in [7, 11) is 0. The van der Waals surface area contributed by atoms with Crippen LogP contribution in [0, 0.1) is 5.92 Å². The first-order valence-corrected chi connectivity index (χ1v) is 9.59. The maximum atomic E-state index is 12.7. The fraction of sp³-hybridized carbons (Fsp3) is 0.364. The molecule has 1 unspecified atom stereocenters. The molecule has 2 aliphatic rings. The maximum absolute atomic E-state index is 12.7. The van der Waals surface area contributed by atoms with Crippen LogP contribution in [0.5, 0.6) is 0 Å². The Morgan fingerprint density at radius 1 is 1.15 bits per heavy atom. The number of nitrogens with zero attached hydrogens (tertiary/aromatic N) is 1. The van der Waals surface area contributed by atoms with Crippen molar-refractivity contribution >= 4 is 17.7 Å². The van der Waals surface area contributed by atoms with Crippen molar-refractivity contribution in [2.24, 2.45) is 5.92 Å². The van der Waals surface area contributed by atoms with E-state index in [1.165, 1.54) is 22.3 Å². The predicted octanol–water partition coefficient (Wildman–Crippen LogP) is 4.06. The number of likely N-dealkylation sites (tertiary alicyclic amines) is 1. The van der Waals surface area contributed by atoms with E-state index in [1.807, 2.05) is 6.07 Å². The molecule has 0 aromatic heterocycles. The molecular formula is C22H24N2O3. The number of ether oxygens (including phenoxy) is 1. The SMILES string of the molecule is CCOC(=O)N1CCCC(C(=O)Nc2ccc3c(c2)Cc2ccccc2-3)C1. The molecule has 5 nitrogen and oxygen atoms in total. The summed E-state index contributed by atoms with van der Waals surface area (Å²) in [6, 6.07) is 14.5. The Morgan fingerprint density at radius 2 is 1.96 bits per heavy atom. The van der Waals surface area contributed by atoms with Gasteiger partial charge in [-0.3, -0.25) is 4.79 Å². The molecule has 0 saturated carbocycles. The van der Waals surface area contributed by atoms with Gasteiger partial charge in [-0.05, 0) is 60.6 Å². The van der Waals surface area contributed by atoms with E-state index in [0.717, 1.165) is 24.9 Å². The molecule has 4 rings (SSSR count). The fourth-order valence-electron chi connectivity index (χ4n) is 4.04. The van der Waals surface area contributed by atoms with Crippen molar-refractivity contribution < 1.29 is 14.3 Å². The number of benzene rings is 2. The van der Waals surface area contributed by atoms with Crippen LogP contribution in [-0.2, 0) is 16.0 Å². The number of carbonyl (C=O) groups excluding carboxylic acids is 2. The van der Waals surface area contributed by atoms with Crippen molar-refractivity contribution in [1.82, 2.24) is 4.90 Å². The minimum atomic E-state index is -0.328. The summed E-state index contributed by atoms with van der Waals surface area (Å²) in [4.78, 5) is 26.3. The number of anilines is 1. The lowest BCUT2D eigenvalue weighted by atomic mass is 9.97. The molecule has 27 heavy (non-hydrogen) atoms. The van der Waals surface area contributed by atoms with Crippen LogP contribution in [0.1, 0.15) is 30.9 Å². The summed E-state index contributed by atoms with van der Waals surface area (Å²) in [6.07, 6.45) is 2.18. The molecule has 0 radical (unpaired) electrons. The van der Waals surface area contributed by atoms with E-state index in [1.54, 1.807) is 11.8 Å². The lowest BCUT2D eigenvalue weighted by molar-refractivity contribution is -0.121. The highest BCUT2D eigenvalue weighted by Crippen LogP contribution is 2.37. The second-order valence-electron chi connectivity index (χ2n) is 7.18. The number of hydrogen-bond donors (Lipinski definition) is 1. The van der Waals surface area contributed by atoms with Gasteiger partial charge in [-0.2, -0.15) is 0 Å². The molecule has 0 bridgehead atoms. The Bertz CT molecular complexity index is 878. The first-order valence-electron chi connectivity index (χ1n) is 9.59. The number of amides is 2. The molecule has 1 N–H and O–H groups in total. The van der Waals surface area contributed by atoms with Gasteiger partial charge in [-0.15, -0.1) is 0 Å². The molecule has 1 aliphatic carbocycles. The van der Waals surface area contributed by atoms with Gasteiger partial charge in [0.1, 0.15) is 0 Å². The average Bonchev–Trinajstić information content (AvgIpc) is 3.06. The number of rotatable bonds is 3.